The van der Waals surface area contributed by atoms with Gasteiger partial charge < -0.3 is 10.1 Å². The second-order valence-electron chi connectivity index (χ2n) is 6.09. The molecule has 0 aliphatic heterocycles. The minimum atomic E-state index is -0.388. The summed E-state index contributed by atoms with van der Waals surface area (Å²) in [7, 11) is 0. The van der Waals surface area contributed by atoms with E-state index in [1.807, 2.05) is 36.4 Å². The average Bonchev–Trinajstić information content (AvgIpc) is 2.72. The van der Waals surface area contributed by atoms with E-state index in [1.54, 1.807) is 36.4 Å². The standard InChI is InChI=1S/C22H18Cl2N2O2S/c23-17-10-6-11-18(24)20(17)25-22(29)26-21(27)16-9-4-5-12-19(16)28-14-13-15-7-2-1-3-8-15/h1-12H,13-14H2,(H2,25,26,27,29). The highest BCUT2D eigenvalue weighted by atomic mass is 35.5. The quantitative estimate of drug-likeness (QED) is 0.475. The molecule has 0 fully saturated rings. The Bertz CT molecular complexity index is 992. The van der Waals surface area contributed by atoms with Crippen LogP contribution in [0.3, 0.4) is 0 Å². The lowest BCUT2D eigenvalue weighted by Gasteiger charge is -2.14. The van der Waals surface area contributed by atoms with Gasteiger partial charge in [-0.3, -0.25) is 10.1 Å². The number of carbonyl (C=O) groups is 1. The molecule has 148 valence electrons. The van der Waals surface area contributed by atoms with E-state index in [-0.39, 0.29) is 11.0 Å². The van der Waals surface area contributed by atoms with Crippen LogP contribution in [0.25, 0.3) is 0 Å². The fraction of sp³-hybridized carbons (Fsp3) is 0.0909. The van der Waals surface area contributed by atoms with Crippen molar-refractivity contribution in [1.29, 1.82) is 0 Å². The van der Waals surface area contributed by atoms with E-state index in [0.717, 1.165) is 12.0 Å². The third kappa shape index (κ3) is 5.94. The number of benzene rings is 3. The zero-order valence-corrected chi connectivity index (χ0v) is 17.7. The fourth-order valence-corrected chi connectivity index (χ4v) is 3.32. The highest BCUT2D eigenvalue weighted by molar-refractivity contribution is 7.80. The predicted molar refractivity (Wildman–Crippen MR) is 122 cm³/mol. The summed E-state index contributed by atoms with van der Waals surface area (Å²) in [6, 6.07) is 22.1. The number of rotatable bonds is 6. The Balaban J connectivity index is 1.62. The molecule has 0 spiro atoms. The number of amides is 1. The highest BCUT2D eigenvalue weighted by Crippen LogP contribution is 2.29. The topological polar surface area (TPSA) is 50.4 Å². The summed E-state index contributed by atoms with van der Waals surface area (Å²) in [5, 5.41) is 6.38. The van der Waals surface area contributed by atoms with Crippen molar-refractivity contribution in [1.82, 2.24) is 5.32 Å². The number of ether oxygens (including phenoxy) is 1. The first kappa shape index (κ1) is 21.1. The SMILES string of the molecule is O=C(NC(=S)Nc1c(Cl)cccc1Cl)c1ccccc1OCCc1ccccc1. The van der Waals surface area contributed by atoms with Crippen LogP contribution in [0.2, 0.25) is 10.0 Å². The van der Waals surface area contributed by atoms with Gasteiger partial charge in [0.05, 0.1) is 27.9 Å². The second-order valence-corrected chi connectivity index (χ2v) is 7.31. The summed E-state index contributed by atoms with van der Waals surface area (Å²) in [5.74, 6) is 0.0977. The van der Waals surface area contributed by atoms with Crippen LogP contribution in [-0.4, -0.2) is 17.6 Å². The molecule has 0 unspecified atom stereocenters. The molecule has 0 bridgehead atoms. The summed E-state index contributed by atoms with van der Waals surface area (Å²) >= 11 is 17.5. The zero-order chi connectivity index (χ0) is 20.6. The van der Waals surface area contributed by atoms with Gasteiger partial charge in [-0.25, -0.2) is 0 Å². The molecule has 29 heavy (non-hydrogen) atoms. The number of anilines is 1. The maximum atomic E-state index is 12.7. The van der Waals surface area contributed by atoms with Crippen LogP contribution in [0.1, 0.15) is 15.9 Å². The van der Waals surface area contributed by atoms with Gasteiger partial charge in [-0.15, -0.1) is 0 Å². The van der Waals surface area contributed by atoms with Gasteiger partial charge in [-0.1, -0.05) is 71.7 Å². The van der Waals surface area contributed by atoms with Crippen LogP contribution >= 0.6 is 35.4 Å². The number of halogens is 2. The molecule has 3 aromatic carbocycles. The van der Waals surface area contributed by atoms with Crippen LogP contribution < -0.4 is 15.4 Å². The maximum Gasteiger partial charge on any atom is 0.261 e. The molecule has 0 heterocycles. The third-order valence-corrected chi connectivity index (χ3v) is 4.89. The predicted octanol–water partition coefficient (Wildman–Crippen LogP) is 5.74. The van der Waals surface area contributed by atoms with E-state index in [4.69, 9.17) is 40.2 Å². The number of hydrogen-bond donors (Lipinski definition) is 2. The van der Waals surface area contributed by atoms with E-state index in [9.17, 15) is 4.79 Å². The lowest BCUT2D eigenvalue weighted by molar-refractivity contribution is 0.0974. The van der Waals surface area contributed by atoms with Gasteiger partial charge in [0.2, 0.25) is 0 Å². The number of carbonyl (C=O) groups excluding carboxylic acids is 1. The monoisotopic (exact) mass is 444 g/mol. The average molecular weight is 445 g/mol. The van der Waals surface area contributed by atoms with Gasteiger partial charge >= 0.3 is 0 Å². The molecule has 0 radical (unpaired) electrons. The Labute approximate surface area is 184 Å². The van der Waals surface area contributed by atoms with Crippen LogP contribution in [-0.2, 0) is 6.42 Å². The van der Waals surface area contributed by atoms with E-state index in [2.05, 4.69) is 10.6 Å². The molecule has 3 aromatic rings. The molecule has 7 heteroatoms. The van der Waals surface area contributed by atoms with Crippen molar-refractivity contribution in [2.24, 2.45) is 0 Å². The van der Waals surface area contributed by atoms with Crippen LogP contribution in [0.4, 0.5) is 5.69 Å². The summed E-state index contributed by atoms with van der Waals surface area (Å²) in [6.07, 6.45) is 0.738. The van der Waals surface area contributed by atoms with Crippen LogP contribution in [0.15, 0.2) is 72.8 Å². The summed E-state index contributed by atoms with van der Waals surface area (Å²) in [6.45, 7) is 0.451. The van der Waals surface area contributed by atoms with Gasteiger partial charge in [0, 0.05) is 6.42 Å². The minimum absolute atomic E-state index is 0.0871. The van der Waals surface area contributed by atoms with E-state index < -0.39 is 0 Å². The summed E-state index contributed by atoms with van der Waals surface area (Å²) in [4.78, 5) is 12.7. The molecule has 0 aliphatic carbocycles. The molecule has 4 nitrogen and oxygen atoms in total. The lowest BCUT2D eigenvalue weighted by atomic mass is 10.1. The molecular formula is C22H18Cl2N2O2S. The Hall–Kier alpha value is -2.60. The number of hydrogen-bond acceptors (Lipinski definition) is 3. The van der Waals surface area contributed by atoms with E-state index >= 15 is 0 Å². The summed E-state index contributed by atoms with van der Waals surface area (Å²) in [5.41, 5.74) is 1.99. The van der Waals surface area contributed by atoms with Crippen molar-refractivity contribution in [3.63, 3.8) is 0 Å². The van der Waals surface area contributed by atoms with Crippen molar-refractivity contribution < 1.29 is 9.53 Å². The van der Waals surface area contributed by atoms with E-state index in [1.165, 1.54) is 0 Å². The number of thiocarbonyl (C=S) groups is 1. The highest BCUT2D eigenvalue weighted by Gasteiger charge is 2.15. The van der Waals surface area contributed by atoms with Crippen molar-refractivity contribution in [3.05, 3.63) is 94.0 Å². The van der Waals surface area contributed by atoms with Crippen molar-refractivity contribution in [2.75, 3.05) is 11.9 Å². The summed E-state index contributed by atoms with van der Waals surface area (Å²) < 4.78 is 5.83. The molecule has 3 rings (SSSR count). The number of nitrogens with one attached hydrogen (secondary N) is 2. The Kier molecular flexibility index (Phi) is 7.47. The van der Waals surface area contributed by atoms with Gasteiger partial charge in [0.15, 0.2) is 5.11 Å². The van der Waals surface area contributed by atoms with E-state index in [0.29, 0.717) is 33.7 Å². The molecule has 0 aromatic heterocycles. The molecule has 0 saturated heterocycles. The Morgan fingerprint density at radius 2 is 1.55 bits per heavy atom. The first-order valence-corrected chi connectivity index (χ1v) is 10.0. The zero-order valence-electron chi connectivity index (χ0n) is 15.3. The number of para-hydroxylation sites is 2. The normalized spacial score (nSPS) is 10.3. The molecular weight excluding hydrogens is 427 g/mol. The molecule has 2 N–H and O–H groups in total. The molecule has 0 aliphatic rings. The lowest BCUT2D eigenvalue weighted by Crippen LogP contribution is -2.34. The van der Waals surface area contributed by atoms with Crippen molar-refractivity contribution in [2.45, 2.75) is 6.42 Å². The van der Waals surface area contributed by atoms with Gasteiger partial charge in [0.25, 0.3) is 5.91 Å². The smallest absolute Gasteiger partial charge is 0.261 e. The third-order valence-electron chi connectivity index (χ3n) is 4.05. The van der Waals surface area contributed by atoms with Crippen molar-refractivity contribution in [3.8, 4) is 5.75 Å². The largest absolute Gasteiger partial charge is 0.492 e. The Morgan fingerprint density at radius 1 is 0.897 bits per heavy atom. The van der Waals surface area contributed by atoms with Gasteiger partial charge in [-0.2, -0.15) is 0 Å². The maximum absolute atomic E-state index is 12.7. The van der Waals surface area contributed by atoms with Crippen molar-refractivity contribution >= 4 is 52.1 Å². The second kappa shape index (κ2) is 10.3. The minimum Gasteiger partial charge on any atom is -0.492 e. The first-order valence-electron chi connectivity index (χ1n) is 8.86. The van der Waals surface area contributed by atoms with Gasteiger partial charge in [-0.05, 0) is 42.0 Å². The molecule has 1 amide bonds. The molecule has 0 saturated carbocycles. The fourth-order valence-electron chi connectivity index (χ4n) is 2.64. The first-order chi connectivity index (χ1) is 14.0. The van der Waals surface area contributed by atoms with Gasteiger partial charge in [0.1, 0.15) is 5.75 Å². The Morgan fingerprint density at radius 3 is 2.28 bits per heavy atom. The van der Waals surface area contributed by atoms with Crippen LogP contribution in [0, 0.1) is 0 Å². The molecule has 0 atom stereocenters. The van der Waals surface area contributed by atoms with Crippen LogP contribution in [0.5, 0.6) is 5.75 Å².